The van der Waals surface area contributed by atoms with Crippen LogP contribution in [0.5, 0.6) is 0 Å². The van der Waals surface area contributed by atoms with E-state index in [0.29, 0.717) is 23.1 Å². The summed E-state index contributed by atoms with van der Waals surface area (Å²) >= 11 is 0. The minimum absolute atomic E-state index is 0.153. The number of aryl methyl sites for hydroxylation is 1. The van der Waals surface area contributed by atoms with Crippen molar-refractivity contribution in [1.82, 2.24) is 25.0 Å². The molecule has 2 N–H and O–H groups in total. The van der Waals surface area contributed by atoms with Crippen molar-refractivity contribution >= 4 is 11.6 Å². The third kappa shape index (κ3) is 3.80. The lowest BCUT2D eigenvalue weighted by Crippen LogP contribution is -2.27. The van der Waals surface area contributed by atoms with Gasteiger partial charge < -0.3 is 5.32 Å². The van der Waals surface area contributed by atoms with Crippen LogP contribution in [0, 0.1) is 12.7 Å². The molecule has 8 nitrogen and oxygen atoms in total. The molecular weight excluding hydrogens is 411 g/mol. The number of para-hydroxylation sites is 1. The predicted octanol–water partition coefficient (Wildman–Crippen LogP) is 3.59. The molecule has 0 unspecified atom stereocenters. The largest absolute Gasteiger partial charge is 0.320 e. The average Bonchev–Trinajstić information content (AvgIpc) is 3.52. The molecule has 9 heteroatoms. The highest BCUT2D eigenvalue weighted by molar-refractivity contribution is 6.02. The van der Waals surface area contributed by atoms with Gasteiger partial charge in [0.2, 0.25) is 5.43 Å². The number of benzene rings is 2. The van der Waals surface area contributed by atoms with Crippen molar-refractivity contribution in [3.8, 4) is 17.1 Å². The number of nitrogens with one attached hydrogen (secondary N) is 2. The molecular formula is C23H19FN6O2. The molecule has 0 radical (unpaired) electrons. The predicted molar refractivity (Wildman–Crippen MR) is 116 cm³/mol. The standard InChI is InChI=1S/C23H19FN6O2/c1-13-12-19(31)20(29-30(13)18-5-3-2-4-17(18)24)23(32)25-16-10-8-15(9-11-16)22-26-21(27-28-22)14-6-7-14/h2-5,8-12,14H,6-7H2,1H3,(H,25,32)(H,26,27,28). The highest BCUT2D eigenvalue weighted by Crippen LogP contribution is 2.38. The first-order chi connectivity index (χ1) is 15.5. The van der Waals surface area contributed by atoms with Gasteiger partial charge in [-0.15, -0.1) is 0 Å². The third-order valence-electron chi connectivity index (χ3n) is 5.27. The molecule has 1 aliphatic carbocycles. The van der Waals surface area contributed by atoms with Crippen LogP contribution in [0.3, 0.4) is 0 Å². The van der Waals surface area contributed by atoms with Gasteiger partial charge >= 0.3 is 0 Å². The number of aromatic nitrogens is 5. The molecule has 1 aliphatic rings. The Morgan fingerprint density at radius 2 is 1.91 bits per heavy atom. The molecule has 2 aromatic carbocycles. The van der Waals surface area contributed by atoms with Crippen LogP contribution in [-0.2, 0) is 0 Å². The molecule has 0 aliphatic heterocycles. The Balaban J connectivity index is 1.38. The molecule has 0 atom stereocenters. The van der Waals surface area contributed by atoms with Gasteiger partial charge in [-0.2, -0.15) is 10.2 Å². The first-order valence-corrected chi connectivity index (χ1v) is 10.2. The van der Waals surface area contributed by atoms with Crippen molar-refractivity contribution in [2.45, 2.75) is 25.7 Å². The average molecular weight is 430 g/mol. The first-order valence-electron chi connectivity index (χ1n) is 10.2. The van der Waals surface area contributed by atoms with Gasteiger partial charge in [0.05, 0.1) is 0 Å². The lowest BCUT2D eigenvalue weighted by atomic mass is 10.2. The van der Waals surface area contributed by atoms with Crippen molar-refractivity contribution < 1.29 is 9.18 Å². The third-order valence-corrected chi connectivity index (χ3v) is 5.27. The van der Waals surface area contributed by atoms with Gasteiger partial charge in [0.1, 0.15) is 17.3 Å². The van der Waals surface area contributed by atoms with Crippen LogP contribution in [0.4, 0.5) is 10.1 Å². The number of H-pyrrole nitrogens is 1. The number of carbonyl (C=O) groups is 1. The second kappa shape index (κ2) is 7.84. The summed E-state index contributed by atoms with van der Waals surface area (Å²) in [6.07, 6.45) is 2.26. The summed E-state index contributed by atoms with van der Waals surface area (Å²) in [4.78, 5) is 29.6. The van der Waals surface area contributed by atoms with Gasteiger partial charge in [-0.3, -0.25) is 14.7 Å². The Bertz CT molecular complexity index is 1370. The van der Waals surface area contributed by atoms with E-state index in [1.54, 1.807) is 43.3 Å². The van der Waals surface area contributed by atoms with E-state index in [9.17, 15) is 14.0 Å². The minimum Gasteiger partial charge on any atom is -0.320 e. The number of amides is 1. The summed E-state index contributed by atoms with van der Waals surface area (Å²) in [7, 11) is 0. The van der Waals surface area contributed by atoms with Crippen LogP contribution in [0.15, 0.2) is 59.4 Å². The molecule has 2 aromatic heterocycles. The second-order valence-electron chi connectivity index (χ2n) is 7.71. The van der Waals surface area contributed by atoms with Crippen LogP contribution >= 0.6 is 0 Å². The monoisotopic (exact) mass is 430 g/mol. The van der Waals surface area contributed by atoms with E-state index in [4.69, 9.17) is 0 Å². The normalized spacial score (nSPS) is 13.2. The van der Waals surface area contributed by atoms with Crippen molar-refractivity contribution in [2.24, 2.45) is 0 Å². The number of carbonyl (C=O) groups excluding carboxylic acids is 1. The fraction of sp³-hybridized carbons (Fsp3) is 0.174. The van der Waals surface area contributed by atoms with Crippen LogP contribution in [0.25, 0.3) is 17.1 Å². The SMILES string of the molecule is Cc1cc(=O)c(C(=O)Nc2ccc(-c3n[nH]c(C4CC4)n3)cc2)nn1-c1ccccc1F. The minimum atomic E-state index is -0.679. The Kier molecular flexibility index (Phi) is 4.85. The van der Waals surface area contributed by atoms with Crippen molar-refractivity contribution in [3.05, 3.63) is 87.9 Å². The Labute approximate surface area is 182 Å². The fourth-order valence-corrected chi connectivity index (χ4v) is 3.41. The number of hydrogen-bond acceptors (Lipinski definition) is 5. The van der Waals surface area contributed by atoms with Crippen molar-refractivity contribution in [1.29, 1.82) is 0 Å². The fourth-order valence-electron chi connectivity index (χ4n) is 3.41. The lowest BCUT2D eigenvalue weighted by molar-refractivity contribution is 0.101. The molecule has 0 spiro atoms. The molecule has 4 aromatic rings. The van der Waals surface area contributed by atoms with Gasteiger partial charge in [-0.25, -0.2) is 14.1 Å². The maximum Gasteiger partial charge on any atom is 0.280 e. The van der Waals surface area contributed by atoms with Gasteiger partial charge in [0.25, 0.3) is 5.91 Å². The number of rotatable bonds is 5. The molecule has 5 rings (SSSR count). The summed E-state index contributed by atoms with van der Waals surface area (Å²) < 4.78 is 15.5. The highest BCUT2D eigenvalue weighted by atomic mass is 19.1. The summed E-state index contributed by atoms with van der Waals surface area (Å²) in [5, 5.41) is 14.0. The number of aromatic amines is 1. The molecule has 1 fully saturated rings. The Morgan fingerprint density at radius 1 is 1.16 bits per heavy atom. The summed E-state index contributed by atoms with van der Waals surface area (Å²) in [5.74, 6) is 0.782. The number of anilines is 1. The Morgan fingerprint density at radius 3 is 2.62 bits per heavy atom. The van der Waals surface area contributed by atoms with Crippen LogP contribution in [-0.4, -0.2) is 30.9 Å². The van der Waals surface area contributed by atoms with E-state index in [-0.39, 0.29) is 11.4 Å². The zero-order valence-electron chi connectivity index (χ0n) is 17.2. The quantitative estimate of drug-likeness (QED) is 0.503. The van der Waals surface area contributed by atoms with E-state index >= 15 is 0 Å². The van der Waals surface area contributed by atoms with E-state index in [2.05, 4.69) is 25.6 Å². The zero-order chi connectivity index (χ0) is 22.2. The number of halogens is 1. The van der Waals surface area contributed by atoms with Crippen LogP contribution in [0.1, 0.15) is 40.8 Å². The molecule has 32 heavy (non-hydrogen) atoms. The van der Waals surface area contributed by atoms with Crippen molar-refractivity contribution in [3.63, 3.8) is 0 Å². The number of nitrogens with zero attached hydrogens (tertiary/aromatic N) is 4. The van der Waals surface area contributed by atoms with Gasteiger partial charge in [-0.1, -0.05) is 12.1 Å². The molecule has 0 saturated heterocycles. The lowest BCUT2D eigenvalue weighted by Gasteiger charge is -2.12. The summed E-state index contributed by atoms with van der Waals surface area (Å²) in [6, 6.07) is 14.3. The first kappa shape index (κ1) is 19.8. The zero-order valence-corrected chi connectivity index (χ0v) is 17.2. The molecule has 160 valence electrons. The van der Waals surface area contributed by atoms with Crippen LogP contribution < -0.4 is 10.7 Å². The summed E-state index contributed by atoms with van der Waals surface area (Å²) in [5.41, 5.74) is 0.986. The maximum absolute atomic E-state index is 14.2. The highest BCUT2D eigenvalue weighted by Gasteiger charge is 2.27. The number of hydrogen-bond donors (Lipinski definition) is 2. The topological polar surface area (TPSA) is 106 Å². The van der Waals surface area contributed by atoms with Crippen LogP contribution in [0.2, 0.25) is 0 Å². The van der Waals surface area contributed by atoms with Gasteiger partial charge in [-0.05, 0) is 56.2 Å². The smallest absolute Gasteiger partial charge is 0.280 e. The van der Waals surface area contributed by atoms with E-state index in [1.165, 1.54) is 22.9 Å². The Hall–Kier alpha value is -4.14. The van der Waals surface area contributed by atoms with Gasteiger partial charge in [0, 0.05) is 28.9 Å². The molecule has 1 saturated carbocycles. The maximum atomic E-state index is 14.2. The second-order valence-corrected chi connectivity index (χ2v) is 7.71. The molecule has 0 bridgehead atoms. The van der Waals surface area contributed by atoms with Crippen molar-refractivity contribution in [2.75, 3.05) is 5.32 Å². The van der Waals surface area contributed by atoms with Gasteiger partial charge in [0.15, 0.2) is 11.5 Å². The van der Waals surface area contributed by atoms with E-state index in [1.807, 2.05) is 0 Å². The molecule has 1 amide bonds. The van der Waals surface area contributed by atoms with E-state index in [0.717, 1.165) is 24.2 Å². The summed E-state index contributed by atoms with van der Waals surface area (Å²) in [6.45, 7) is 1.62. The molecule has 2 heterocycles. The van der Waals surface area contributed by atoms with E-state index < -0.39 is 17.2 Å².